The zero-order valence-electron chi connectivity index (χ0n) is 36.9. The number of nitrogens with zero attached hydrogens (tertiary/aromatic N) is 2. The lowest BCUT2D eigenvalue weighted by atomic mass is 9.90. The Morgan fingerprint density at radius 3 is 2.08 bits per heavy atom. The van der Waals surface area contributed by atoms with E-state index in [1.807, 2.05) is 26.8 Å². The van der Waals surface area contributed by atoms with Gasteiger partial charge in [-0.2, -0.15) is 0 Å². The van der Waals surface area contributed by atoms with Gasteiger partial charge in [0.2, 0.25) is 23.6 Å². The van der Waals surface area contributed by atoms with E-state index in [1.54, 1.807) is 58.0 Å². The number of carbonyl (C=O) groups excluding carboxylic acids is 7. The SMILES string of the molecule is C/C=C(\C)[C@@H](O)[C@@H](C)[C@@H]1C/C=C(\C)C(=O)O[C@H](CC(C)C)C(=O)N[C@H](C)C(=O)N(C)[C@H](Cc2ccccc2)C(=O)N(C)CC(=O)N[C@@H]([C@@H](C)CC)C(=O)N[C@H](C)C(=O)O1. The second-order valence-corrected chi connectivity index (χ2v) is 16.2. The molecule has 5 amide bonds. The van der Waals surface area contributed by atoms with Crippen LogP contribution in [0.15, 0.2) is 53.6 Å². The topological polar surface area (TPSA) is 201 Å². The first kappa shape index (κ1) is 50.1. The van der Waals surface area contributed by atoms with E-state index < -0.39 is 96.4 Å². The Hall–Kier alpha value is -5.05. The summed E-state index contributed by atoms with van der Waals surface area (Å²) in [6, 6.07) is 4.50. The van der Waals surface area contributed by atoms with Crippen molar-refractivity contribution in [1.29, 1.82) is 0 Å². The van der Waals surface area contributed by atoms with Gasteiger partial charge in [0.15, 0.2) is 6.10 Å². The van der Waals surface area contributed by atoms with Crippen molar-refractivity contribution in [2.24, 2.45) is 17.8 Å². The van der Waals surface area contributed by atoms with Crippen LogP contribution in [0.25, 0.3) is 0 Å². The molecule has 328 valence electrons. The van der Waals surface area contributed by atoms with Crippen molar-refractivity contribution in [2.75, 3.05) is 20.6 Å². The highest BCUT2D eigenvalue weighted by atomic mass is 16.6. The molecule has 0 radical (unpaired) electrons. The second kappa shape index (κ2) is 23.5. The highest BCUT2D eigenvalue weighted by Crippen LogP contribution is 2.23. The number of cyclic esters (lactones) is 2. The molecule has 0 saturated heterocycles. The lowest BCUT2D eigenvalue weighted by Crippen LogP contribution is -2.57. The highest BCUT2D eigenvalue weighted by molar-refractivity contribution is 5.96. The third kappa shape index (κ3) is 14.9. The van der Waals surface area contributed by atoms with Crippen LogP contribution in [0.2, 0.25) is 0 Å². The van der Waals surface area contributed by atoms with Crippen LogP contribution in [-0.2, 0) is 49.5 Å². The van der Waals surface area contributed by atoms with E-state index in [-0.39, 0.29) is 36.7 Å². The zero-order valence-corrected chi connectivity index (χ0v) is 36.9. The fourth-order valence-corrected chi connectivity index (χ4v) is 6.53. The summed E-state index contributed by atoms with van der Waals surface area (Å²) in [7, 11) is 2.86. The predicted molar refractivity (Wildman–Crippen MR) is 223 cm³/mol. The zero-order chi connectivity index (χ0) is 44.7. The Morgan fingerprint density at radius 2 is 1.51 bits per heavy atom. The molecular weight excluding hydrogens is 759 g/mol. The first-order valence-corrected chi connectivity index (χ1v) is 20.5. The van der Waals surface area contributed by atoms with Gasteiger partial charge in [0.05, 0.1) is 12.6 Å². The second-order valence-electron chi connectivity index (χ2n) is 16.2. The van der Waals surface area contributed by atoms with Crippen molar-refractivity contribution in [3.8, 4) is 0 Å². The van der Waals surface area contributed by atoms with Crippen molar-refractivity contribution >= 4 is 41.5 Å². The molecule has 15 nitrogen and oxygen atoms in total. The standard InChI is InChI=1S/C44H67N5O10/c1-13-26(5)37-40(53)46-31(10)44(57)58-34(29(8)38(51)27(6)14-2)21-20-28(7)43(56)59-35(22-25(3)4)39(52)45-30(9)41(54)49(12)33(23-32-18-16-15-17-19-32)42(55)48(11)24-36(50)47-37/h14-20,25-26,29-31,33-35,37-38,51H,13,21-24H2,1-12H3,(H,45,52)(H,46,53)(H,47,50)/b27-14+,28-20+/t26-,29-,30+,31+,33+,34-,35+,37-,38+/m0/s1. The summed E-state index contributed by atoms with van der Waals surface area (Å²) < 4.78 is 11.6. The number of hydrogen-bond donors (Lipinski definition) is 4. The maximum absolute atomic E-state index is 14.1. The number of nitrogens with one attached hydrogen (secondary N) is 3. The summed E-state index contributed by atoms with van der Waals surface area (Å²) in [5.41, 5.74) is 1.48. The Morgan fingerprint density at radius 1 is 0.898 bits per heavy atom. The number of aliphatic hydroxyl groups is 1. The van der Waals surface area contributed by atoms with Crippen LogP contribution in [0.3, 0.4) is 0 Å². The summed E-state index contributed by atoms with van der Waals surface area (Å²) in [5.74, 6) is -5.92. The van der Waals surface area contributed by atoms with Gasteiger partial charge in [-0.05, 0) is 64.0 Å². The lowest BCUT2D eigenvalue weighted by Gasteiger charge is -2.33. The van der Waals surface area contributed by atoms with E-state index in [9.17, 15) is 38.7 Å². The first-order valence-electron chi connectivity index (χ1n) is 20.5. The summed E-state index contributed by atoms with van der Waals surface area (Å²) in [6.45, 7) is 16.4. The molecular formula is C44H67N5O10. The number of benzene rings is 1. The molecule has 0 bridgehead atoms. The maximum Gasteiger partial charge on any atom is 0.334 e. The molecule has 59 heavy (non-hydrogen) atoms. The summed E-state index contributed by atoms with van der Waals surface area (Å²) >= 11 is 0. The molecule has 1 aliphatic rings. The Labute approximate surface area is 349 Å². The van der Waals surface area contributed by atoms with E-state index >= 15 is 0 Å². The maximum atomic E-state index is 14.1. The van der Waals surface area contributed by atoms with Crippen molar-refractivity contribution in [3.05, 3.63) is 59.2 Å². The lowest BCUT2D eigenvalue weighted by molar-refractivity contribution is -0.156. The number of carbonyl (C=O) groups is 7. The van der Waals surface area contributed by atoms with Crippen molar-refractivity contribution in [1.82, 2.24) is 25.8 Å². The molecule has 4 N–H and O–H groups in total. The Kier molecular flexibility index (Phi) is 20.0. The largest absolute Gasteiger partial charge is 0.460 e. The molecule has 15 heteroatoms. The fourth-order valence-electron chi connectivity index (χ4n) is 6.53. The predicted octanol–water partition coefficient (Wildman–Crippen LogP) is 3.24. The van der Waals surface area contributed by atoms with Crippen molar-refractivity contribution in [2.45, 2.75) is 137 Å². The minimum Gasteiger partial charge on any atom is -0.460 e. The monoisotopic (exact) mass is 825 g/mol. The summed E-state index contributed by atoms with van der Waals surface area (Å²) in [4.78, 5) is 98.3. The number of ether oxygens (including phenoxy) is 2. The van der Waals surface area contributed by atoms with Crippen LogP contribution in [0, 0.1) is 17.8 Å². The number of rotatable bonds is 9. The van der Waals surface area contributed by atoms with Crippen molar-refractivity contribution < 1.29 is 48.1 Å². The van der Waals surface area contributed by atoms with E-state index in [2.05, 4.69) is 16.0 Å². The minimum atomic E-state index is -1.28. The van der Waals surface area contributed by atoms with Gasteiger partial charge < -0.3 is 40.3 Å². The number of likely N-dealkylation sites (N-methyl/N-ethyl adjacent to an activating group) is 2. The van der Waals surface area contributed by atoms with Crippen LogP contribution >= 0.6 is 0 Å². The van der Waals surface area contributed by atoms with Gasteiger partial charge in [-0.15, -0.1) is 0 Å². The van der Waals surface area contributed by atoms with Crippen molar-refractivity contribution in [3.63, 3.8) is 0 Å². The van der Waals surface area contributed by atoms with Crippen LogP contribution in [0.4, 0.5) is 0 Å². The van der Waals surface area contributed by atoms with E-state index in [0.717, 1.165) is 5.56 Å². The summed E-state index contributed by atoms with van der Waals surface area (Å²) in [6.07, 6.45) is 0.658. The molecule has 1 aromatic rings. The highest BCUT2D eigenvalue weighted by Gasteiger charge is 2.36. The van der Waals surface area contributed by atoms with Crippen LogP contribution in [-0.4, -0.2) is 120 Å². The number of amides is 5. The Balaban J connectivity index is 2.65. The van der Waals surface area contributed by atoms with Crippen LogP contribution in [0.5, 0.6) is 0 Å². The molecule has 2 rings (SSSR count). The molecule has 0 spiro atoms. The molecule has 1 aliphatic heterocycles. The molecule has 0 aromatic heterocycles. The van der Waals surface area contributed by atoms with Gasteiger partial charge in [-0.1, -0.05) is 83.5 Å². The number of aliphatic hydroxyl groups excluding tert-OH is 1. The normalized spacial score (nSPS) is 27.0. The van der Waals surface area contributed by atoms with Gasteiger partial charge in [0.1, 0.15) is 30.3 Å². The number of esters is 2. The molecule has 0 unspecified atom stereocenters. The molecule has 1 aromatic carbocycles. The van der Waals surface area contributed by atoms with Crippen LogP contribution in [0.1, 0.15) is 94.1 Å². The minimum absolute atomic E-state index is 0.0244. The quantitative estimate of drug-likeness (QED) is 0.212. The van der Waals surface area contributed by atoms with Gasteiger partial charge >= 0.3 is 11.9 Å². The Bertz CT molecular complexity index is 1700. The smallest absolute Gasteiger partial charge is 0.334 e. The number of hydrogen-bond acceptors (Lipinski definition) is 10. The fraction of sp³-hybridized carbons (Fsp3) is 0.614. The molecule has 0 aliphatic carbocycles. The average molecular weight is 826 g/mol. The van der Waals surface area contributed by atoms with Gasteiger partial charge in [0, 0.05) is 38.4 Å². The molecule has 1 heterocycles. The molecule has 0 saturated carbocycles. The summed E-state index contributed by atoms with van der Waals surface area (Å²) in [5, 5.41) is 19.1. The van der Waals surface area contributed by atoms with E-state index in [0.29, 0.717) is 12.0 Å². The third-order valence-electron chi connectivity index (χ3n) is 10.9. The molecule has 9 atom stereocenters. The van der Waals surface area contributed by atoms with Gasteiger partial charge in [-0.25, -0.2) is 9.59 Å². The van der Waals surface area contributed by atoms with Gasteiger partial charge in [0.25, 0.3) is 5.91 Å². The van der Waals surface area contributed by atoms with E-state index in [4.69, 9.17) is 9.47 Å². The van der Waals surface area contributed by atoms with Crippen LogP contribution < -0.4 is 16.0 Å². The number of allylic oxidation sites excluding steroid dienone is 1. The molecule has 0 fully saturated rings. The average Bonchev–Trinajstić information content (AvgIpc) is 3.20. The first-order chi connectivity index (χ1) is 27.6. The third-order valence-corrected chi connectivity index (χ3v) is 10.9. The van der Waals surface area contributed by atoms with E-state index in [1.165, 1.54) is 50.7 Å². The van der Waals surface area contributed by atoms with Gasteiger partial charge in [-0.3, -0.25) is 24.0 Å².